The fourth-order valence-corrected chi connectivity index (χ4v) is 4.10. The van der Waals surface area contributed by atoms with Crippen molar-refractivity contribution in [3.63, 3.8) is 0 Å². The van der Waals surface area contributed by atoms with Crippen molar-refractivity contribution in [2.24, 2.45) is 0 Å². The summed E-state index contributed by atoms with van der Waals surface area (Å²) in [5, 5.41) is 11.4. The summed E-state index contributed by atoms with van der Waals surface area (Å²) in [5.74, 6) is -0.189. The van der Waals surface area contributed by atoms with E-state index >= 15 is 0 Å². The Bertz CT molecular complexity index is 598. The van der Waals surface area contributed by atoms with Gasteiger partial charge in [-0.1, -0.05) is 40.9 Å². The zero-order valence-corrected chi connectivity index (χ0v) is 13.4. The van der Waals surface area contributed by atoms with Crippen LogP contribution in [0.15, 0.2) is 31.8 Å². The molecular formula is C13H14FN3S3. The minimum absolute atomic E-state index is 0.189. The Balaban J connectivity index is 1.66. The number of nitrogens with one attached hydrogen (secondary N) is 1. The SMILES string of the molecule is CSc1nnc(Sc2ccc(CNC3CC3)cc2F)s1. The third kappa shape index (κ3) is 3.72. The monoisotopic (exact) mass is 327 g/mol. The minimum atomic E-state index is -0.189. The van der Waals surface area contributed by atoms with E-state index in [4.69, 9.17) is 0 Å². The van der Waals surface area contributed by atoms with Gasteiger partial charge in [-0.25, -0.2) is 4.39 Å². The summed E-state index contributed by atoms with van der Waals surface area (Å²) in [6, 6.07) is 6.04. The second-order valence-corrected chi connectivity index (χ2v) is 7.88. The molecule has 0 saturated heterocycles. The molecule has 1 aliphatic carbocycles. The number of halogens is 1. The van der Waals surface area contributed by atoms with Crippen LogP contribution in [0.2, 0.25) is 0 Å². The van der Waals surface area contributed by atoms with Gasteiger partial charge >= 0.3 is 0 Å². The molecule has 3 nitrogen and oxygen atoms in total. The van der Waals surface area contributed by atoms with Crippen molar-refractivity contribution < 1.29 is 4.39 Å². The molecule has 0 aliphatic heterocycles. The Kier molecular flexibility index (Phi) is 4.60. The molecule has 1 saturated carbocycles. The molecule has 20 heavy (non-hydrogen) atoms. The van der Waals surface area contributed by atoms with E-state index in [-0.39, 0.29) is 5.82 Å². The quantitative estimate of drug-likeness (QED) is 0.817. The zero-order valence-electron chi connectivity index (χ0n) is 10.9. The van der Waals surface area contributed by atoms with Crippen LogP contribution < -0.4 is 5.32 Å². The van der Waals surface area contributed by atoms with Gasteiger partial charge in [-0.3, -0.25) is 0 Å². The van der Waals surface area contributed by atoms with E-state index in [1.165, 1.54) is 35.9 Å². The van der Waals surface area contributed by atoms with Gasteiger partial charge in [0.1, 0.15) is 5.82 Å². The second kappa shape index (κ2) is 6.43. The molecule has 3 rings (SSSR count). The van der Waals surface area contributed by atoms with Gasteiger partial charge < -0.3 is 5.32 Å². The van der Waals surface area contributed by atoms with Crippen molar-refractivity contribution in [3.8, 4) is 0 Å². The van der Waals surface area contributed by atoms with Crippen LogP contribution in [0.1, 0.15) is 18.4 Å². The topological polar surface area (TPSA) is 37.8 Å². The molecule has 0 atom stereocenters. The van der Waals surface area contributed by atoms with E-state index in [0.29, 0.717) is 10.9 Å². The first kappa shape index (κ1) is 14.3. The van der Waals surface area contributed by atoms with Gasteiger partial charge in [0.15, 0.2) is 8.68 Å². The molecule has 0 amide bonds. The van der Waals surface area contributed by atoms with Crippen molar-refractivity contribution in [3.05, 3.63) is 29.6 Å². The fourth-order valence-electron chi connectivity index (χ4n) is 1.70. The number of hydrogen-bond donors (Lipinski definition) is 1. The van der Waals surface area contributed by atoms with E-state index in [1.807, 2.05) is 18.4 Å². The Labute approximate surface area is 129 Å². The number of benzene rings is 1. The van der Waals surface area contributed by atoms with Crippen molar-refractivity contribution in [2.75, 3.05) is 6.26 Å². The van der Waals surface area contributed by atoms with Crippen LogP contribution in [0.3, 0.4) is 0 Å². The van der Waals surface area contributed by atoms with Crippen LogP contribution >= 0.6 is 34.9 Å². The van der Waals surface area contributed by atoms with Gasteiger partial charge in [0.25, 0.3) is 0 Å². The Morgan fingerprint density at radius 2 is 2.15 bits per heavy atom. The van der Waals surface area contributed by atoms with Crippen molar-refractivity contribution in [2.45, 2.75) is 39.0 Å². The lowest BCUT2D eigenvalue weighted by molar-refractivity contribution is 0.595. The summed E-state index contributed by atoms with van der Waals surface area (Å²) in [5.41, 5.74) is 0.987. The van der Waals surface area contributed by atoms with E-state index in [2.05, 4.69) is 15.5 Å². The second-order valence-electron chi connectivity index (χ2n) is 4.56. The summed E-state index contributed by atoms with van der Waals surface area (Å²) in [4.78, 5) is 0.601. The Morgan fingerprint density at radius 1 is 1.35 bits per heavy atom. The lowest BCUT2D eigenvalue weighted by atomic mass is 10.2. The van der Waals surface area contributed by atoms with Gasteiger partial charge in [-0.2, -0.15) is 0 Å². The molecule has 1 heterocycles. The molecule has 1 fully saturated rings. The number of thioether (sulfide) groups is 1. The van der Waals surface area contributed by atoms with Crippen molar-refractivity contribution in [1.29, 1.82) is 0 Å². The smallest absolute Gasteiger partial charge is 0.179 e. The van der Waals surface area contributed by atoms with Crippen LogP contribution in [0.25, 0.3) is 0 Å². The first-order chi connectivity index (χ1) is 9.74. The average Bonchev–Trinajstić information content (AvgIpc) is 3.17. The van der Waals surface area contributed by atoms with Gasteiger partial charge in [0.2, 0.25) is 0 Å². The summed E-state index contributed by atoms with van der Waals surface area (Å²) < 4.78 is 15.7. The lowest BCUT2D eigenvalue weighted by Gasteiger charge is -2.05. The molecule has 106 valence electrons. The van der Waals surface area contributed by atoms with Gasteiger partial charge in [-0.05, 0) is 36.8 Å². The van der Waals surface area contributed by atoms with Crippen LogP contribution in [0.5, 0.6) is 0 Å². The predicted octanol–water partition coefficient (Wildman–Crippen LogP) is 3.80. The molecule has 0 unspecified atom stereocenters. The van der Waals surface area contributed by atoms with E-state index in [0.717, 1.165) is 20.8 Å². The highest BCUT2D eigenvalue weighted by atomic mass is 32.2. The molecular weight excluding hydrogens is 313 g/mol. The molecule has 2 aromatic rings. The Hall–Kier alpha value is -0.630. The third-order valence-electron chi connectivity index (χ3n) is 2.93. The lowest BCUT2D eigenvalue weighted by Crippen LogP contribution is -2.15. The van der Waals surface area contributed by atoms with Crippen LogP contribution in [0, 0.1) is 5.82 Å². The number of hydrogen-bond acceptors (Lipinski definition) is 6. The normalized spacial score (nSPS) is 14.7. The minimum Gasteiger partial charge on any atom is -0.310 e. The van der Waals surface area contributed by atoms with Crippen molar-refractivity contribution >= 4 is 34.9 Å². The first-order valence-corrected chi connectivity index (χ1v) is 9.17. The van der Waals surface area contributed by atoms with E-state index in [1.54, 1.807) is 17.8 Å². The largest absolute Gasteiger partial charge is 0.310 e. The molecule has 0 radical (unpaired) electrons. The third-order valence-corrected chi connectivity index (χ3v) is 5.93. The van der Waals surface area contributed by atoms with Crippen LogP contribution in [0.4, 0.5) is 4.39 Å². The molecule has 1 aromatic heterocycles. The summed E-state index contributed by atoms with van der Waals surface area (Å²) in [7, 11) is 0. The fraction of sp³-hybridized carbons (Fsp3) is 0.385. The van der Waals surface area contributed by atoms with Gasteiger partial charge in [-0.15, -0.1) is 10.2 Å². The average molecular weight is 327 g/mol. The van der Waals surface area contributed by atoms with Crippen molar-refractivity contribution in [1.82, 2.24) is 15.5 Å². The summed E-state index contributed by atoms with van der Waals surface area (Å²) >= 11 is 4.37. The maximum Gasteiger partial charge on any atom is 0.179 e. The molecule has 1 N–H and O–H groups in total. The molecule has 0 bridgehead atoms. The predicted molar refractivity (Wildman–Crippen MR) is 82.1 cm³/mol. The maximum absolute atomic E-state index is 14.1. The summed E-state index contributed by atoms with van der Waals surface area (Å²) in [6.45, 7) is 0.738. The molecule has 0 spiro atoms. The highest BCUT2D eigenvalue weighted by molar-refractivity contribution is 8.03. The first-order valence-electron chi connectivity index (χ1n) is 6.32. The van der Waals surface area contributed by atoms with Gasteiger partial charge in [0.05, 0.1) is 4.90 Å². The highest BCUT2D eigenvalue weighted by Crippen LogP contribution is 2.34. The van der Waals surface area contributed by atoms with Crippen LogP contribution in [-0.2, 0) is 6.54 Å². The number of nitrogens with zero attached hydrogens (tertiary/aromatic N) is 2. The standard InChI is InChI=1S/C13H14FN3S3/c1-18-12-16-17-13(20-12)19-11-5-2-8(6-10(11)14)7-15-9-3-4-9/h2,5-6,9,15H,3-4,7H2,1H3. The molecule has 1 aromatic carbocycles. The maximum atomic E-state index is 14.1. The number of aromatic nitrogens is 2. The van der Waals surface area contributed by atoms with E-state index < -0.39 is 0 Å². The Morgan fingerprint density at radius 3 is 2.80 bits per heavy atom. The summed E-state index contributed by atoms with van der Waals surface area (Å²) in [6.07, 6.45) is 4.44. The van der Waals surface area contributed by atoms with E-state index in [9.17, 15) is 4.39 Å². The van der Waals surface area contributed by atoms with Crippen LogP contribution in [-0.4, -0.2) is 22.5 Å². The number of rotatable bonds is 6. The zero-order chi connectivity index (χ0) is 13.9. The highest BCUT2D eigenvalue weighted by Gasteiger charge is 2.20. The molecule has 7 heteroatoms. The molecule has 1 aliphatic rings. The van der Waals surface area contributed by atoms with Gasteiger partial charge in [0, 0.05) is 12.6 Å².